The van der Waals surface area contributed by atoms with E-state index in [1.807, 2.05) is 0 Å². The second-order valence-corrected chi connectivity index (χ2v) is 9.23. The molecule has 3 rings (SSSR count). The Morgan fingerprint density at radius 1 is 1.11 bits per heavy atom. The van der Waals surface area contributed by atoms with Gasteiger partial charge in [0, 0.05) is 31.0 Å². The monoisotopic (exact) mass is 394 g/mol. The van der Waals surface area contributed by atoms with Crippen molar-refractivity contribution in [3.8, 4) is 0 Å². The first-order valence-electron chi connectivity index (χ1n) is 8.83. The van der Waals surface area contributed by atoms with Crippen LogP contribution in [0.1, 0.15) is 36.0 Å². The zero-order valence-electron chi connectivity index (χ0n) is 15.0. The summed E-state index contributed by atoms with van der Waals surface area (Å²) in [6.07, 6.45) is 4.13. The van der Waals surface area contributed by atoms with Crippen molar-refractivity contribution >= 4 is 33.3 Å². The normalized spacial score (nSPS) is 20.2. The maximum atomic E-state index is 12.6. The SMILES string of the molecule is CS(=O)(=O)c1cc(NC(=O)C2CCCN(C(=O)C3CC3)C2)cc(C(=O)O)c1. The molecule has 0 bridgehead atoms. The van der Waals surface area contributed by atoms with Gasteiger partial charge in [-0.3, -0.25) is 9.59 Å². The van der Waals surface area contributed by atoms with E-state index in [-0.39, 0.29) is 33.9 Å². The van der Waals surface area contributed by atoms with Crippen LogP contribution in [0, 0.1) is 11.8 Å². The molecule has 1 saturated carbocycles. The number of benzene rings is 1. The molecule has 1 aromatic rings. The van der Waals surface area contributed by atoms with Gasteiger partial charge in [0.1, 0.15) is 0 Å². The number of aromatic carboxylic acids is 1. The molecule has 1 aromatic carbocycles. The fourth-order valence-corrected chi connectivity index (χ4v) is 3.91. The molecule has 0 spiro atoms. The van der Waals surface area contributed by atoms with Crippen LogP contribution in [0.15, 0.2) is 23.1 Å². The first-order chi connectivity index (χ1) is 12.6. The summed E-state index contributed by atoms with van der Waals surface area (Å²) in [4.78, 5) is 37.6. The highest BCUT2D eigenvalue weighted by molar-refractivity contribution is 7.90. The second-order valence-electron chi connectivity index (χ2n) is 7.21. The molecule has 1 aliphatic carbocycles. The van der Waals surface area contributed by atoms with E-state index >= 15 is 0 Å². The summed E-state index contributed by atoms with van der Waals surface area (Å²) in [5.74, 6) is -1.84. The number of carboxylic acid groups (broad SMARTS) is 1. The minimum Gasteiger partial charge on any atom is -0.478 e. The Hall–Kier alpha value is -2.42. The lowest BCUT2D eigenvalue weighted by Gasteiger charge is -2.32. The van der Waals surface area contributed by atoms with Crippen molar-refractivity contribution in [2.24, 2.45) is 11.8 Å². The summed E-state index contributed by atoms with van der Waals surface area (Å²) in [6, 6.07) is 3.53. The Morgan fingerprint density at radius 2 is 1.81 bits per heavy atom. The molecule has 0 aromatic heterocycles. The van der Waals surface area contributed by atoms with Gasteiger partial charge in [0.2, 0.25) is 11.8 Å². The number of hydrogen-bond acceptors (Lipinski definition) is 5. The van der Waals surface area contributed by atoms with E-state index in [4.69, 9.17) is 0 Å². The molecule has 2 N–H and O–H groups in total. The van der Waals surface area contributed by atoms with Gasteiger partial charge in [-0.2, -0.15) is 0 Å². The molecule has 27 heavy (non-hydrogen) atoms. The lowest BCUT2D eigenvalue weighted by molar-refractivity contribution is -0.135. The van der Waals surface area contributed by atoms with Gasteiger partial charge in [-0.05, 0) is 43.9 Å². The molecule has 1 heterocycles. The van der Waals surface area contributed by atoms with Crippen LogP contribution in [-0.4, -0.2) is 55.6 Å². The lowest BCUT2D eigenvalue weighted by Crippen LogP contribution is -2.44. The number of likely N-dealkylation sites (tertiary alicyclic amines) is 1. The highest BCUT2D eigenvalue weighted by Gasteiger charge is 2.36. The van der Waals surface area contributed by atoms with E-state index < -0.39 is 21.7 Å². The third-order valence-corrected chi connectivity index (χ3v) is 5.97. The Bertz CT molecular complexity index is 891. The number of amides is 2. The van der Waals surface area contributed by atoms with E-state index in [0.717, 1.165) is 31.6 Å². The molecule has 2 amide bonds. The topological polar surface area (TPSA) is 121 Å². The quantitative estimate of drug-likeness (QED) is 0.778. The number of carbonyl (C=O) groups is 3. The van der Waals surface area contributed by atoms with E-state index in [1.165, 1.54) is 12.1 Å². The number of nitrogens with zero attached hydrogens (tertiary/aromatic N) is 1. The fraction of sp³-hybridized carbons (Fsp3) is 0.500. The Balaban J connectivity index is 1.75. The number of rotatable bonds is 5. The molecule has 0 radical (unpaired) electrons. The predicted octanol–water partition coefficient (Wildman–Crippen LogP) is 1.38. The minimum atomic E-state index is -3.63. The van der Waals surface area contributed by atoms with Gasteiger partial charge in [0.05, 0.1) is 16.4 Å². The summed E-state index contributed by atoms with van der Waals surface area (Å²) in [5.41, 5.74) is -0.103. The smallest absolute Gasteiger partial charge is 0.335 e. The van der Waals surface area contributed by atoms with Crippen molar-refractivity contribution in [3.63, 3.8) is 0 Å². The van der Waals surface area contributed by atoms with Crippen LogP contribution < -0.4 is 5.32 Å². The van der Waals surface area contributed by atoms with Gasteiger partial charge in [-0.25, -0.2) is 13.2 Å². The van der Waals surface area contributed by atoms with E-state index in [2.05, 4.69) is 5.32 Å². The molecule has 2 aliphatic rings. The van der Waals surface area contributed by atoms with Crippen LogP contribution in [0.4, 0.5) is 5.69 Å². The Morgan fingerprint density at radius 3 is 2.41 bits per heavy atom. The van der Waals surface area contributed by atoms with Crippen molar-refractivity contribution in [2.45, 2.75) is 30.6 Å². The third kappa shape index (κ3) is 4.65. The lowest BCUT2D eigenvalue weighted by atomic mass is 9.96. The van der Waals surface area contributed by atoms with Gasteiger partial charge < -0.3 is 15.3 Å². The summed E-state index contributed by atoms with van der Waals surface area (Å²) < 4.78 is 23.6. The van der Waals surface area contributed by atoms with Crippen LogP contribution in [0.2, 0.25) is 0 Å². The van der Waals surface area contributed by atoms with Crippen LogP contribution in [0.25, 0.3) is 0 Å². The van der Waals surface area contributed by atoms with E-state index in [9.17, 15) is 27.9 Å². The maximum Gasteiger partial charge on any atom is 0.335 e. The number of anilines is 1. The Kier molecular flexibility index (Phi) is 5.23. The van der Waals surface area contributed by atoms with E-state index in [0.29, 0.717) is 19.5 Å². The molecule has 1 aliphatic heterocycles. The van der Waals surface area contributed by atoms with Crippen LogP contribution in [-0.2, 0) is 19.4 Å². The average molecular weight is 394 g/mol. The molecular formula is C18H22N2O6S. The largest absolute Gasteiger partial charge is 0.478 e. The summed E-state index contributed by atoms with van der Waals surface area (Å²) >= 11 is 0. The molecule has 1 saturated heterocycles. The van der Waals surface area contributed by atoms with Crippen molar-refractivity contribution < 1.29 is 27.9 Å². The van der Waals surface area contributed by atoms with E-state index in [1.54, 1.807) is 4.90 Å². The van der Waals surface area contributed by atoms with Gasteiger partial charge in [-0.1, -0.05) is 0 Å². The maximum absolute atomic E-state index is 12.6. The number of carbonyl (C=O) groups excluding carboxylic acids is 2. The second kappa shape index (κ2) is 7.30. The van der Waals surface area contributed by atoms with Crippen LogP contribution >= 0.6 is 0 Å². The van der Waals surface area contributed by atoms with Crippen molar-refractivity contribution in [2.75, 3.05) is 24.7 Å². The molecule has 9 heteroatoms. The first kappa shape index (κ1) is 19.3. The van der Waals surface area contributed by atoms with Gasteiger partial charge in [-0.15, -0.1) is 0 Å². The highest BCUT2D eigenvalue weighted by Crippen LogP contribution is 2.32. The van der Waals surface area contributed by atoms with Gasteiger partial charge >= 0.3 is 5.97 Å². The number of carboxylic acids is 1. The number of sulfone groups is 1. The van der Waals surface area contributed by atoms with Crippen LogP contribution in [0.3, 0.4) is 0 Å². The standard InChI is InChI=1S/C18H22N2O6S/c1-27(25,26)15-8-13(18(23)24)7-14(9-15)19-16(21)12-3-2-6-20(10-12)17(22)11-4-5-11/h7-9,11-12H,2-6,10H2,1H3,(H,19,21)(H,23,24). The first-order valence-corrected chi connectivity index (χ1v) is 10.7. The summed E-state index contributed by atoms with van der Waals surface area (Å²) in [5, 5.41) is 11.8. The zero-order valence-corrected chi connectivity index (χ0v) is 15.8. The average Bonchev–Trinajstić information content (AvgIpc) is 3.45. The zero-order chi connectivity index (χ0) is 19.8. The van der Waals surface area contributed by atoms with Crippen LogP contribution in [0.5, 0.6) is 0 Å². The molecule has 1 atom stereocenters. The third-order valence-electron chi connectivity index (χ3n) is 4.88. The van der Waals surface area contributed by atoms with Crippen molar-refractivity contribution in [1.29, 1.82) is 0 Å². The van der Waals surface area contributed by atoms with Crippen molar-refractivity contribution in [3.05, 3.63) is 23.8 Å². The molecule has 8 nitrogen and oxygen atoms in total. The fourth-order valence-electron chi connectivity index (χ4n) is 3.23. The van der Waals surface area contributed by atoms with Gasteiger partial charge in [0.15, 0.2) is 9.84 Å². The molecule has 2 fully saturated rings. The highest BCUT2D eigenvalue weighted by atomic mass is 32.2. The van der Waals surface area contributed by atoms with Crippen molar-refractivity contribution in [1.82, 2.24) is 4.90 Å². The van der Waals surface area contributed by atoms with Gasteiger partial charge in [0.25, 0.3) is 0 Å². The molecular weight excluding hydrogens is 372 g/mol. The predicted molar refractivity (Wildman–Crippen MR) is 97.2 cm³/mol. The minimum absolute atomic E-state index is 0.0939. The summed E-state index contributed by atoms with van der Waals surface area (Å²) in [6.45, 7) is 0.977. The summed E-state index contributed by atoms with van der Waals surface area (Å²) in [7, 11) is -3.63. The number of piperidine rings is 1. The molecule has 1 unspecified atom stereocenters. The molecule has 146 valence electrons. The number of nitrogens with one attached hydrogen (secondary N) is 1. The number of hydrogen-bond donors (Lipinski definition) is 2. The Labute approximate surface area is 157 Å².